The van der Waals surface area contributed by atoms with E-state index in [2.05, 4.69) is 26.2 Å². The van der Waals surface area contributed by atoms with E-state index in [-0.39, 0.29) is 16.2 Å². The number of carboxylic acid groups (broad SMARTS) is 1. The van der Waals surface area contributed by atoms with Crippen molar-refractivity contribution in [2.24, 2.45) is 0 Å². The first kappa shape index (κ1) is 16.5. The highest BCUT2D eigenvalue weighted by Gasteiger charge is 2.22. The number of aromatic nitrogens is 2. The van der Waals surface area contributed by atoms with Gasteiger partial charge in [0.05, 0.1) is 16.8 Å². The zero-order chi connectivity index (χ0) is 17.5. The molecule has 1 amide bonds. The molecule has 1 aromatic carbocycles. The quantitative estimate of drug-likeness (QED) is 0.689. The molecule has 2 heterocycles. The van der Waals surface area contributed by atoms with Crippen LogP contribution in [0.15, 0.2) is 52.1 Å². The summed E-state index contributed by atoms with van der Waals surface area (Å²) >= 11 is 3.29. The summed E-state index contributed by atoms with van der Waals surface area (Å²) in [4.78, 5) is 15.0. The first-order chi connectivity index (χ1) is 11.3. The molecule has 0 aliphatic heterocycles. The number of benzene rings is 1. The summed E-state index contributed by atoms with van der Waals surface area (Å²) in [5.74, 6) is 0. The highest BCUT2D eigenvalue weighted by molar-refractivity contribution is 9.10. The maximum Gasteiger partial charge on any atom is 0.409 e. The molecule has 7 nitrogen and oxygen atoms in total. The molecule has 3 aromatic rings. The second-order valence-corrected chi connectivity index (χ2v) is 7.79. The van der Waals surface area contributed by atoms with Crippen LogP contribution in [0.4, 0.5) is 10.5 Å². The number of carbonyl (C=O) groups is 1. The summed E-state index contributed by atoms with van der Waals surface area (Å²) in [6, 6.07) is 8.02. The summed E-state index contributed by atoms with van der Waals surface area (Å²) in [5, 5.41) is 11.4. The maximum atomic E-state index is 12.8. The van der Waals surface area contributed by atoms with Crippen LogP contribution >= 0.6 is 15.9 Å². The Kier molecular flexibility index (Phi) is 4.06. The van der Waals surface area contributed by atoms with Crippen molar-refractivity contribution in [2.75, 3.05) is 5.32 Å². The molecular weight excluding hydrogens is 398 g/mol. The molecule has 0 atom stereocenters. The Morgan fingerprint density at radius 3 is 2.58 bits per heavy atom. The Labute approximate surface area is 146 Å². The SMILES string of the molecule is Cc1ccc(S(=O)(=O)n2cc(Br)c3cc(NC(=O)O)cnc32)cc1. The van der Waals surface area contributed by atoms with Crippen molar-refractivity contribution in [2.45, 2.75) is 11.8 Å². The third kappa shape index (κ3) is 2.87. The Morgan fingerprint density at radius 2 is 1.96 bits per heavy atom. The molecule has 0 unspecified atom stereocenters. The monoisotopic (exact) mass is 409 g/mol. The number of nitrogens with one attached hydrogen (secondary N) is 1. The zero-order valence-corrected chi connectivity index (χ0v) is 14.8. The fraction of sp³-hybridized carbons (Fsp3) is 0.0667. The first-order valence-electron chi connectivity index (χ1n) is 6.78. The minimum Gasteiger partial charge on any atom is -0.465 e. The minimum atomic E-state index is -3.81. The van der Waals surface area contributed by atoms with Gasteiger partial charge in [-0.3, -0.25) is 5.32 Å². The van der Waals surface area contributed by atoms with Crippen LogP contribution in [0, 0.1) is 6.92 Å². The smallest absolute Gasteiger partial charge is 0.409 e. The number of amides is 1. The molecule has 0 saturated carbocycles. The van der Waals surface area contributed by atoms with Gasteiger partial charge in [-0.25, -0.2) is 22.2 Å². The van der Waals surface area contributed by atoms with Gasteiger partial charge in [-0.2, -0.15) is 0 Å². The largest absolute Gasteiger partial charge is 0.465 e. The van der Waals surface area contributed by atoms with Crippen LogP contribution in [0.25, 0.3) is 11.0 Å². The standard InChI is InChI=1S/C15H12BrN3O4S/c1-9-2-4-11(5-3-9)24(22,23)19-8-13(16)12-6-10(18-15(20)21)7-17-14(12)19/h2-8,18H,1H3,(H,20,21). The van der Waals surface area contributed by atoms with Crippen molar-refractivity contribution in [1.29, 1.82) is 0 Å². The molecule has 0 aliphatic rings. The lowest BCUT2D eigenvalue weighted by atomic mass is 10.2. The lowest BCUT2D eigenvalue weighted by Gasteiger charge is -2.07. The first-order valence-corrected chi connectivity index (χ1v) is 9.01. The van der Waals surface area contributed by atoms with Crippen LogP contribution in [0.5, 0.6) is 0 Å². The highest BCUT2D eigenvalue weighted by Crippen LogP contribution is 2.30. The van der Waals surface area contributed by atoms with Crippen LogP contribution in [0.2, 0.25) is 0 Å². The van der Waals surface area contributed by atoms with Crippen molar-refractivity contribution in [3.05, 3.63) is 52.8 Å². The topological polar surface area (TPSA) is 101 Å². The van der Waals surface area contributed by atoms with Gasteiger partial charge >= 0.3 is 6.09 Å². The van der Waals surface area contributed by atoms with Crippen LogP contribution < -0.4 is 5.32 Å². The van der Waals surface area contributed by atoms with Gasteiger partial charge in [-0.1, -0.05) is 17.7 Å². The molecule has 0 radical (unpaired) electrons. The molecule has 0 spiro atoms. The molecule has 9 heteroatoms. The van der Waals surface area contributed by atoms with Crippen LogP contribution in [0.1, 0.15) is 5.56 Å². The van der Waals surface area contributed by atoms with E-state index in [1.54, 1.807) is 12.1 Å². The molecule has 124 valence electrons. The van der Waals surface area contributed by atoms with E-state index in [4.69, 9.17) is 5.11 Å². The van der Waals surface area contributed by atoms with Crippen LogP contribution in [-0.2, 0) is 10.0 Å². The Bertz CT molecular complexity index is 1040. The molecule has 0 aliphatic carbocycles. The second kappa shape index (κ2) is 5.91. The molecule has 3 rings (SSSR count). The molecule has 2 aromatic heterocycles. The normalized spacial score (nSPS) is 11.6. The van der Waals surface area contributed by atoms with Gasteiger partial charge in [0, 0.05) is 16.1 Å². The zero-order valence-electron chi connectivity index (χ0n) is 12.4. The minimum absolute atomic E-state index is 0.145. The van der Waals surface area contributed by atoms with E-state index < -0.39 is 16.1 Å². The van der Waals surface area contributed by atoms with Gasteiger partial charge in [0.2, 0.25) is 0 Å². The van der Waals surface area contributed by atoms with Gasteiger partial charge < -0.3 is 5.11 Å². The van der Waals surface area contributed by atoms with Gasteiger partial charge in [0.15, 0.2) is 5.65 Å². The maximum absolute atomic E-state index is 12.8. The molecule has 2 N–H and O–H groups in total. The molecule has 0 saturated heterocycles. The number of halogens is 1. The summed E-state index contributed by atoms with van der Waals surface area (Å²) < 4.78 is 27.2. The van der Waals surface area contributed by atoms with Gasteiger partial charge in [-0.05, 0) is 41.1 Å². The third-order valence-electron chi connectivity index (χ3n) is 3.39. The van der Waals surface area contributed by atoms with Gasteiger partial charge in [0.25, 0.3) is 10.0 Å². The van der Waals surface area contributed by atoms with Crippen LogP contribution in [0.3, 0.4) is 0 Å². The lowest BCUT2D eigenvalue weighted by molar-refractivity contribution is 0.209. The average molecular weight is 410 g/mol. The third-order valence-corrected chi connectivity index (χ3v) is 5.69. The van der Waals surface area contributed by atoms with Gasteiger partial charge in [0.1, 0.15) is 0 Å². The van der Waals surface area contributed by atoms with E-state index >= 15 is 0 Å². The lowest BCUT2D eigenvalue weighted by Crippen LogP contribution is -2.12. The number of hydrogen-bond acceptors (Lipinski definition) is 4. The van der Waals surface area contributed by atoms with E-state index in [0.29, 0.717) is 9.86 Å². The van der Waals surface area contributed by atoms with Crippen molar-refractivity contribution >= 4 is 48.8 Å². The molecule has 0 fully saturated rings. The molecular formula is C15H12BrN3O4S. The van der Waals surface area contributed by atoms with Crippen molar-refractivity contribution < 1.29 is 18.3 Å². The van der Waals surface area contributed by atoms with Crippen molar-refractivity contribution in [3.8, 4) is 0 Å². The van der Waals surface area contributed by atoms with Crippen molar-refractivity contribution in [3.63, 3.8) is 0 Å². The second-order valence-electron chi connectivity index (χ2n) is 5.12. The van der Waals surface area contributed by atoms with Crippen molar-refractivity contribution in [1.82, 2.24) is 8.96 Å². The number of hydrogen-bond donors (Lipinski definition) is 2. The Morgan fingerprint density at radius 1 is 1.29 bits per heavy atom. The summed E-state index contributed by atoms with van der Waals surface area (Å²) in [5.41, 5.74) is 1.41. The van der Waals surface area contributed by atoms with E-state index in [1.807, 2.05) is 6.92 Å². The van der Waals surface area contributed by atoms with E-state index in [9.17, 15) is 13.2 Å². The number of pyridine rings is 1. The average Bonchev–Trinajstić information content (AvgIpc) is 2.85. The number of aryl methyl sites for hydroxylation is 1. The molecule has 24 heavy (non-hydrogen) atoms. The summed E-state index contributed by atoms with van der Waals surface area (Å²) in [6.45, 7) is 1.87. The van der Waals surface area contributed by atoms with E-state index in [0.717, 1.165) is 9.54 Å². The number of nitrogens with zero attached hydrogens (tertiary/aromatic N) is 2. The Balaban J connectivity index is 2.16. The fourth-order valence-electron chi connectivity index (χ4n) is 2.24. The number of rotatable bonds is 3. The van der Waals surface area contributed by atoms with Gasteiger partial charge in [-0.15, -0.1) is 0 Å². The molecule has 0 bridgehead atoms. The van der Waals surface area contributed by atoms with E-state index in [1.165, 1.54) is 30.6 Å². The Hall–Kier alpha value is -2.39. The number of fused-ring (bicyclic) bond motifs is 1. The number of anilines is 1. The predicted molar refractivity (Wildman–Crippen MR) is 92.8 cm³/mol. The van der Waals surface area contributed by atoms with Crippen LogP contribution in [-0.4, -0.2) is 28.6 Å². The predicted octanol–water partition coefficient (Wildman–Crippen LogP) is 3.43. The summed E-state index contributed by atoms with van der Waals surface area (Å²) in [7, 11) is -3.81. The summed E-state index contributed by atoms with van der Waals surface area (Å²) in [6.07, 6.45) is 1.44. The fourth-order valence-corrected chi connectivity index (χ4v) is 4.20. The highest BCUT2D eigenvalue weighted by atomic mass is 79.9.